The number of piperidine rings is 1. The Morgan fingerprint density at radius 1 is 1.40 bits per heavy atom. The van der Waals surface area contributed by atoms with Gasteiger partial charge >= 0.3 is 12.0 Å². The molecule has 0 bridgehead atoms. The predicted octanol–water partition coefficient (Wildman–Crippen LogP) is 3.47. The molecule has 1 aliphatic rings. The second kappa shape index (κ2) is 7.38. The van der Waals surface area contributed by atoms with Crippen molar-refractivity contribution in [3.8, 4) is 0 Å². The summed E-state index contributed by atoms with van der Waals surface area (Å²) in [6, 6.07) is 4.93. The summed E-state index contributed by atoms with van der Waals surface area (Å²) in [7, 11) is 1.30. The second-order valence-corrected chi connectivity index (χ2v) is 6.24. The van der Waals surface area contributed by atoms with E-state index in [1.54, 1.807) is 17.2 Å². The number of nitrogens with one attached hydrogen (secondary N) is 1. The fourth-order valence-electron chi connectivity index (χ4n) is 3.07. The molecule has 7 heteroatoms. The maximum absolute atomic E-state index is 12.8. The van der Waals surface area contributed by atoms with E-state index in [-0.39, 0.29) is 17.6 Å². The summed E-state index contributed by atoms with van der Waals surface area (Å²) >= 11 is 0. The van der Waals surface area contributed by atoms with Gasteiger partial charge in [-0.3, -0.25) is 4.98 Å². The van der Waals surface area contributed by atoms with Crippen LogP contribution in [0.3, 0.4) is 0 Å². The number of carbonyl (C=O) groups is 2. The lowest BCUT2D eigenvalue weighted by Crippen LogP contribution is -2.42. The average Bonchev–Trinajstić information content (AvgIpc) is 3.15. The number of furan rings is 1. The van der Waals surface area contributed by atoms with Gasteiger partial charge in [0.2, 0.25) is 0 Å². The van der Waals surface area contributed by atoms with Crippen molar-refractivity contribution in [3.05, 3.63) is 48.2 Å². The van der Waals surface area contributed by atoms with Crippen LogP contribution in [0.4, 0.5) is 10.5 Å². The monoisotopic (exact) mass is 343 g/mol. The van der Waals surface area contributed by atoms with Crippen molar-refractivity contribution in [2.45, 2.75) is 25.8 Å². The van der Waals surface area contributed by atoms with Crippen molar-refractivity contribution in [2.75, 3.05) is 19.0 Å². The van der Waals surface area contributed by atoms with Crippen molar-refractivity contribution >= 4 is 17.7 Å². The highest BCUT2D eigenvalue weighted by atomic mass is 16.5. The molecule has 132 valence electrons. The van der Waals surface area contributed by atoms with E-state index in [0.29, 0.717) is 18.2 Å². The van der Waals surface area contributed by atoms with E-state index in [9.17, 15) is 9.59 Å². The van der Waals surface area contributed by atoms with Crippen LogP contribution in [0, 0.1) is 5.92 Å². The summed E-state index contributed by atoms with van der Waals surface area (Å²) in [5.74, 6) is 0.801. The zero-order valence-corrected chi connectivity index (χ0v) is 14.3. The maximum Gasteiger partial charge on any atom is 0.339 e. The number of hydrogen-bond donors (Lipinski definition) is 1. The van der Waals surface area contributed by atoms with Crippen molar-refractivity contribution in [1.82, 2.24) is 9.88 Å². The number of hydrogen-bond acceptors (Lipinski definition) is 5. The number of amides is 2. The lowest BCUT2D eigenvalue weighted by atomic mass is 9.91. The number of anilines is 1. The quantitative estimate of drug-likeness (QED) is 0.863. The first-order valence-electron chi connectivity index (χ1n) is 8.23. The summed E-state index contributed by atoms with van der Waals surface area (Å²) in [5.41, 5.74) is 0.736. The van der Waals surface area contributed by atoms with Crippen molar-refractivity contribution in [2.24, 2.45) is 5.92 Å². The Morgan fingerprint density at radius 3 is 2.96 bits per heavy atom. The van der Waals surface area contributed by atoms with Crippen LogP contribution in [-0.4, -0.2) is 35.5 Å². The smallest absolute Gasteiger partial charge is 0.339 e. The van der Waals surface area contributed by atoms with E-state index in [0.717, 1.165) is 18.6 Å². The summed E-state index contributed by atoms with van der Waals surface area (Å²) in [5, 5.41) is 2.81. The van der Waals surface area contributed by atoms with E-state index >= 15 is 0 Å². The fourth-order valence-corrected chi connectivity index (χ4v) is 3.07. The van der Waals surface area contributed by atoms with Crippen LogP contribution in [0.15, 0.2) is 41.3 Å². The van der Waals surface area contributed by atoms with Gasteiger partial charge in [-0.15, -0.1) is 0 Å². The lowest BCUT2D eigenvalue weighted by Gasteiger charge is -2.37. The summed E-state index contributed by atoms with van der Waals surface area (Å²) in [4.78, 5) is 30.1. The third-order valence-electron chi connectivity index (χ3n) is 4.41. The normalized spacial score (nSPS) is 20.2. The number of pyridine rings is 1. The molecule has 1 fully saturated rings. The molecule has 7 nitrogen and oxygen atoms in total. The number of rotatable bonds is 3. The zero-order chi connectivity index (χ0) is 17.8. The Labute approximate surface area is 146 Å². The Balaban J connectivity index is 1.76. The fraction of sp³-hybridized carbons (Fsp3) is 0.389. The first kappa shape index (κ1) is 17.0. The molecule has 2 atom stereocenters. The highest BCUT2D eigenvalue weighted by Gasteiger charge is 2.32. The molecule has 0 spiro atoms. The maximum atomic E-state index is 12.8. The van der Waals surface area contributed by atoms with E-state index in [1.807, 2.05) is 12.1 Å². The van der Waals surface area contributed by atoms with Crippen LogP contribution < -0.4 is 5.32 Å². The standard InChI is InChI=1S/C18H21N3O4/c1-12-5-6-21(15(8-12)16-4-3-7-25-16)18(23)20-14-9-13(10-19-11-14)17(22)24-2/h3-4,7,9-12,15H,5-6,8H2,1-2H3,(H,20,23)/t12-,15+/m0/s1. The van der Waals surface area contributed by atoms with Gasteiger partial charge in [-0.2, -0.15) is 0 Å². The molecule has 0 aliphatic carbocycles. The highest BCUT2D eigenvalue weighted by molar-refractivity contribution is 5.93. The molecule has 0 saturated carbocycles. The van der Waals surface area contributed by atoms with Gasteiger partial charge in [0.1, 0.15) is 5.76 Å². The number of ether oxygens (including phenoxy) is 1. The molecule has 2 aromatic heterocycles. The molecule has 1 N–H and O–H groups in total. The molecule has 0 unspecified atom stereocenters. The van der Waals surface area contributed by atoms with Gasteiger partial charge in [0, 0.05) is 12.7 Å². The molecule has 1 aliphatic heterocycles. The predicted molar refractivity (Wildman–Crippen MR) is 91.1 cm³/mol. The molecular formula is C18H21N3O4. The topological polar surface area (TPSA) is 84.7 Å². The van der Waals surface area contributed by atoms with Crippen molar-refractivity contribution < 1.29 is 18.7 Å². The van der Waals surface area contributed by atoms with Crippen LogP contribution in [-0.2, 0) is 4.74 Å². The molecule has 3 rings (SSSR count). The third kappa shape index (κ3) is 3.81. The van der Waals surface area contributed by atoms with Crippen LogP contribution in [0.25, 0.3) is 0 Å². The molecule has 3 heterocycles. The number of urea groups is 1. The Bertz CT molecular complexity index is 745. The van der Waals surface area contributed by atoms with E-state index in [1.165, 1.54) is 19.5 Å². The Hall–Kier alpha value is -2.83. The Morgan fingerprint density at radius 2 is 2.24 bits per heavy atom. The minimum Gasteiger partial charge on any atom is -0.467 e. The lowest BCUT2D eigenvalue weighted by molar-refractivity contribution is 0.0600. The van der Waals surface area contributed by atoms with E-state index in [2.05, 4.69) is 22.0 Å². The zero-order valence-electron chi connectivity index (χ0n) is 14.3. The number of esters is 1. The van der Waals surface area contributed by atoms with Gasteiger partial charge in [0.25, 0.3) is 0 Å². The average molecular weight is 343 g/mol. The van der Waals surface area contributed by atoms with E-state index in [4.69, 9.17) is 4.42 Å². The number of nitrogens with zero attached hydrogens (tertiary/aromatic N) is 2. The van der Waals surface area contributed by atoms with Crippen molar-refractivity contribution in [3.63, 3.8) is 0 Å². The van der Waals surface area contributed by atoms with Gasteiger partial charge in [-0.05, 0) is 37.0 Å². The van der Waals surface area contributed by atoms with E-state index < -0.39 is 5.97 Å². The van der Waals surface area contributed by atoms with Gasteiger partial charge in [-0.1, -0.05) is 6.92 Å². The molecule has 0 aromatic carbocycles. The number of likely N-dealkylation sites (tertiary alicyclic amines) is 1. The van der Waals surface area contributed by atoms with Crippen LogP contribution in [0.1, 0.15) is 41.9 Å². The minimum absolute atomic E-state index is 0.101. The number of methoxy groups -OCH3 is 1. The SMILES string of the molecule is COC(=O)c1cncc(NC(=O)N2CC[C@H](C)C[C@@H]2c2ccco2)c1. The summed E-state index contributed by atoms with van der Waals surface area (Å²) in [6.07, 6.45) is 6.30. The van der Waals surface area contributed by atoms with Gasteiger partial charge in [0.15, 0.2) is 0 Å². The van der Waals surface area contributed by atoms with Gasteiger partial charge in [-0.25, -0.2) is 9.59 Å². The summed E-state index contributed by atoms with van der Waals surface area (Å²) in [6.45, 7) is 2.82. The van der Waals surface area contributed by atoms with Crippen LogP contribution >= 0.6 is 0 Å². The number of carbonyl (C=O) groups excluding carboxylic acids is 2. The second-order valence-electron chi connectivity index (χ2n) is 6.24. The molecule has 1 saturated heterocycles. The molecule has 2 aromatic rings. The molecule has 25 heavy (non-hydrogen) atoms. The Kier molecular flexibility index (Phi) is 5.02. The van der Waals surface area contributed by atoms with Crippen LogP contribution in [0.2, 0.25) is 0 Å². The van der Waals surface area contributed by atoms with Crippen molar-refractivity contribution in [1.29, 1.82) is 0 Å². The minimum atomic E-state index is -0.496. The van der Waals surface area contributed by atoms with Gasteiger partial charge in [0.05, 0.1) is 36.9 Å². The molecule has 0 radical (unpaired) electrons. The largest absolute Gasteiger partial charge is 0.467 e. The summed E-state index contributed by atoms with van der Waals surface area (Å²) < 4.78 is 10.2. The van der Waals surface area contributed by atoms with Gasteiger partial charge < -0.3 is 19.4 Å². The third-order valence-corrected chi connectivity index (χ3v) is 4.41. The molecular weight excluding hydrogens is 322 g/mol. The first-order valence-corrected chi connectivity index (χ1v) is 8.23. The molecule has 2 amide bonds. The first-order chi connectivity index (χ1) is 12.1. The number of aromatic nitrogens is 1. The highest BCUT2D eigenvalue weighted by Crippen LogP contribution is 2.34. The van der Waals surface area contributed by atoms with Crippen LogP contribution in [0.5, 0.6) is 0 Å².